The molecule has 1 aliphatic carbocycles. The van der Waals surface area contributed by atoms with Gasteiger partial charge in [0.25, 0.3) is 0 Å². The second kappa shape index (κ2) is 5.56. The molecule has 22 heavy (non-hydrogen) atoms. The highest BCUT2D eigenvalue weighted by atomic mass is 16.6. The maximum absolute atomic E-state index is 11.9. The van der Waals surface area contributed by atoms with Crippen molar-refractivity contribution in [3.8, 4) is 0 Å². The van der Waals surface area contributed by atoms with Crippen LogP contribution in [0.4, 0.5) is 10.5 Å². The molecule has 5 nitrogen and oxygen atoms in total. The largest absolute Gasteiger partial charge is 0.444 e. The third-order valence-electron chi connectivity index (χ3n) is 4.15. The van der Waals surface area contributed by atoms with E-state index in [4.69, 9.17) is 9.47 Å². The van der Waals surface area contributed by atoms with E-state index in [0.717, 1.165) is 31.7 Å². The van der Waals surface area contributed by atoms with E-state index < -0.39 is 11.7 Å². The minimum absolute atomic E-state index is 0.0980. The van der Waals surface area contributed by atoms with Crippen LogP contribution in [0.2, 0.25) is 0 Å². The molecule has 0 saturated carbocycles. The number of ether oxygens (including phenoxy) is 2. The SMILES string of the molecule is CC(C)(C)OC(=O)Nc1ccc2c(c1)[C@]1(CC2)COCCN1. The van der Waals surface area contributed by atoms with Gasteiger partial charge in [0.1, 0.15) is 5.60 Å². The quantitative estimate of drug-likeness (QED) is 0.837. The Balaban J connectivity index is 1.79. The highest BCUT2D eigenvalue weighted by Crippen LogP contribution is 2.39. The number of benzene rings is 1. The van der Waals surface area contributed by atoms with Gasteiger partial charge in [0.2, 0.25) is 0 Å². The molecule has 3 rings (SSSR count). The third kappa shape index (κ3) is 3.10. The Kier molecular flexibility index (Phi) is 3.87. The number of anilines is 1. The molecule has 1 spiro atoms. The topological polar surface area (TPSA) is 59.6 Å². The number of nitrogens with one attached hydrogen (secondary N) is 2. The highest BCUT2D eigenvalue weighted by molar-refractivity contribution is 5.85. The van der Waals surface area contributed by atoms with E-state index in [0.29, 0.717) is 6.61 Å². The van der Waals surface area contributed by atoms with E-state index in [1.807, 2.05) is 32.9 Å². The first kappa shape index (κ1) is 15.3. The summed E-state index contributed by atoms with van der Waals surface area (Å²) in [6.45, 7) is 7.88. The Morgan fingerprint density at radius 1 is 1.41 bits per heavy atom. The number of rotatable bonds is 1. The molecule has 1 heterocycles. The van der Waals surface area contributed by atoms with Crippen molar-refractivity contribution in [2.75, 3.05) is 25.1 Å². The molecule has 1 aromatic rings. The van der Waals surface area contributed by atoms with Crippen molar-refractivity contribution in [1.82, 2.24) is 5.32 Å². The van der Waals surface area contributed by atoms with Crippen LogP contribution in [0, 0.1) is 0 Å². The monoisotopic (exact) mass is 304 g/mol. The van der Waals surface area contributed by atoms with Gasteiger partial charge in [-0.25, -0.2) is 4.79 Å². The van der Waals surface area contributed by atoms with Gasteiger partial charge in [-0.05, 0) is 56.9 Å². The molecule has 5 heteroatoms. The fraction of sp³-hybridized carbons (Fsp3) is 0.588. The predicted molar refractivity (Wildman–Crippen MR) is 85.1 cm³/mol. The van der Waals surface area contributed by atoms with Gasteiger partial charge >= 0.3 is 6.09 Å². The number of amides is 1. The van der Waals surface area contributed by atoms with Gasteiger partial charge in [0, 0.05) is 12.2 Å². The van der Waals surface area contributed by atoms with Gasteiger partial charge < -0.3 is 14.8 Å². The van der Waals surface area contributed by atoms with E-state index >= 15 is 0 Å². The molecule has 0 unspecified atom stereocenters. The molecule has 1 atom stereocenters. The Bertz CT molecular complexity index is 566. The summed E-state index contributed by atoms with van der Waals surface area (Å²) in [7, 11) is 0. The number of hydrogen-bond donors (Lipinski definition) is 2. The van der Waals surface area contributed by atoms with E-state index in [1.165, 1.54) is 11.1 Å². The zero-order valence-corrected chi connectivity index (χ0v) is 13.5. The number of aryl methyl sites for hydroxylation is 1. The minimum Gasteiger partial charge on any atom is -0.444 e. The van der Waals surface area contributed by atoms with Gasteiger partial charge in [-0.15, -0.1) is 0 Å². The molecule has 120 valence electrons. The minimum atomic E-state index is -0.499. The molecule has 2 aliphatic rings. The van der Waals surface area contributed by atoms with Crippen LogP contribution >= 0.6 is 0 Å². The smallest absolute Gasteiger partial charge is 0.412 e. The molecule has 2 N–H and O–H groups in total. The summed E-state index contributed by atoms with van der Waals surface area (Å²) in [5.41, 5.74) is 2.73. The molecule has 1 amide bonds. The van der Waals surface area contributed by atoms with Crippen LogP contribution in [0.15, 0.2) is 18.2 Å². The van der Waals surface area contributed by atoms with Crippen molar-refractivity contribution < 1.29 is 14.3 Å². The van der Waals surface area contributed by atoms with Crippen LogP contribution < -0.4 is 10.6 Å². The van der Waals surface area contributed by atoms with Crippen molar-refractivity contribution in [2.45, 2.75) is 44.8 Å². The lowest BCUT2D eigenvalue weighted by Crippen LogP contribution is -2.50. The number of carbonyl (C=O) groups excluding carboxylic acids is 1. The van der Waals surface area contributed by atoms with Gasteiger partial charge in [-0.1, -0.05) is 6.07 Å². The Morgan fingerprint density at radius 2 is 2.23 bits per heavy atom. The Morgan fingerprint density at radius 3 is 2.91 bits per heavy atom. The summed E-state index contributed by atoms with van der Waals surface area (Å²) in [4.78, 5) is 11.9. The van der Waals surface area contributed by atoms with E-state index in [-0.39, 0.29) is 5.54 Å². The molecule has 1 aliphatic heterocycles. The summed E-state index contributed by atoms with van der Waals surface area (Å²) >= 11 is 0. The molecular formula is C17H24N2O3. The number of hydrogen-bond acceptors (Lipinski definition) is 4. The average molecular weight is 304 g/mol. The van der Waals surface area contributed by atoms with Crippen LogP contribution in [-0.4, -0.2) is 31.5 Å². The van der Waals surface area contributed by atoms with Crippen molar-refractivity contribution in [1.29, 1.82) is 0 Å². The third-order valence-corrected chi connectivity index (χ3v) is 4.15. The Labute approximate surface area is 131 Å². The molecule has 0 aromatic heterocycles. The highest BCUT2D eigenvalue weighted by Gasteiger charge is 2.40. The van der Waals surface area contributed by atoms with Gasteiger partial charge in [-0.2, -0.15) is 0 Å². The number of fused-ring (bicyclic) bond motifs is 2. The fourth-order valence-electron chi connectivity index (χ4n) is 3.22. The summed E-state index contributed by atoms with van der Waals surface area (Å²) < 4.78 is 11.0. The standard InChI is InChI=1S/C17H24N2O3/c1-16(2,3)22-15(20)19-13-5-4-12-6-7-17(14(12)10-13)11-21-9-8-18-17/h4-5,10,18H,6-9,11H2,1-3H3,(H,19,20)/t17-/m0/s1. The predicted octanol–water partition coefficient (Wildman–Crippen LogP) is 2.79. The first-order valence-corrected chi connectivity index (χ1v) is 7.84. The van der Waals surface area contributed by atoms with E-state index in [1.54, 1.807) is 0 Å². The summed E-state index contributed by atoms with van der Waals surface area (Å²) in [6.07, 6.45) is 1.66. The maximum atomic E-state index is 11.9. The molecular weight excluding hydrogens is 280 g/mol. The van der Waals surface area contributed by atoms with Gasteiger partial charge in [-0.3, -0.25) is 5.32 Å². The normalized spacial score (nSPS) is 24.1. The Hall–Kier alpha value is -1.59. The zero-order valence-electron chi connectivity index (χ0n) is 13.5. The van der Waals surface area contributed by atoms with Crippen LogP contribution in [0.5, 0.6) is 0 Å². The molecule has 0 bridgehead atoms. The number of morpholine rings is 1. The molecule has 1 saturated heterocycles. The van der Waals surface area contributed by atoms with Gasteiger partial charge in [0.15, 0.2) is 0 Å². The zero-order chi connectivity index (χ0) is 15.8. The molecule has 1 fully saturated rings. The van der Waals surface area contributed by atoms with Crippen molar-refractivity contribution >= 4 is 11.8 Å². The molecule has 0 radical (unpaired) electrons. The van der Waals surface area contributed by atoms with E-state index in [2.05, 4.69) is 16.7 Å². The van der Waals surface area contributed by atoms with Gasteiger partial charge in [0.05, 0.1) is 18.8 Å². The maximum Gasteiger partial charge on any atom is 0.412 e. The van der Waals surface area contributed by atoms with Crippen molar-refractivity contribution in [3.05, 3.63) is 29.3 Å². The first-order chi connectivity index (χ1) is 10.4. The average Bonchev–Trinajstić information content (AvgIpc) is 2.76. The fourth-order valence-corrected chi connectivity index (χ4v) is 3.22. The van der Waals surface area contributed by atoms with Crippen LogP contribution in [0.1, 0.15) is 38.3 Å². The van der Waals surface area contributed by atoms with Crippen LogP contribution in [0.25, 0.3) is 0 Å². The molecule has 1 aromatic carbocycles. The van der Waals surface area contributed by atoms with Crippen LogP contribution in [0.3, 0.4) is 0 Å². The van der Waals surface area contributed by atoms with E-state index in [9.17, 15) is 4.79 Å². The lowest BCUT2D eigenvalue weighted by Gasteiger charge is -2.35. The van der Waals surface area contributed by atoms with Crippen molar-refractivity contribution in [2.24, 2.45) is 0 Å². The summed E-state index contributed by atoms with van der Waals surface area (Å²) in [6, 6.07) is 6.08. The first-order valence-electron chi connectivity index (χ1n) is 7.84. The number of carbonyl (C=O) groups is 1. The summed E-state index contributed by atoms with van der Waals surface area (Å²) in [5.74, 6) is 0. The second-order valence-electron chi connectivity index (χ2n) is 7.06. The lowest BCUT2D eigenvalue weighted by atomic mass is 9.91. The second-order valence-corrected chi connectivity index (χ2v) is 7.06. The summed E-state index contributed by atoms with van der Waals surface area (Å²) in [5, 5.41) is 6.42. The van der Waals surface area contributed by atoms with Crippen molar-refractivity contribution in [3.63, 3.8) is 0 Å². The van der Waals surface area contributed by atoms with Crippen LogP contribution in [-0.2, 0) is 21.4 Å². The lowest BCUT2D eigenvalue weighted by molar-refractivity contribution is 0.0260.